The van der Waals surface area contributed by atoms with Gasteiger partial charge in [-0.05, 0) is 37.0 Å². The van der Waals surface area contributed by atoms with E-state index in [1.807, 2.05) is 18.2 Å². The van der Waals surface area contributed by atoms with E-state index in [9.17, 15) is 4.79 Å². The Bertz CT molecular complexity index is 432. The lowest BCUT2D eigenvalue weighted by Gasteiger charge is -2.18. The molecule has 0 aromatic heterocycles. The number of benzene rings is 1. The molecule has 2 N–H and O–H groups in total. The molecule has 2 rings (SSSR count). The Morgan fingerprint density at radius 2 is 2.21 bits per heavy atom. The molecule has 0 aliphatic heterocycles. The van der Waals surface area contributed by atoms with Crippen LogP contribution < -0.4 is 10.6 Å². The first-order valence-corrected chi connectivity index (χ1v) is 7.35. The minimum atomic E-state index is 0.206. The van der Waals surface area contributed by atoms with Gasteiger partial charge in [-0.3, -0.25) is 4.79 Å². The molecule has 1 fully saturated rings. The normalized spacial score (nSPS) is 16.1. The van der Waals surface area contributed by atoms with Gasteiger partial charge in [-0.1, -0.05) is 30.7 Å². The maximum absolute atomic E-state index is 11.5. The summed E-state index contributed by atoms with van der Waals surface area (Å²) in [5.41, 5.74) is 1.20. The molecule has 1 aromatic carbocycles. The van der Waals surface area contributed by atoms with Crippen molar-refractivity contribution in [3.05, 3.63) is 34.9 Å². The molecule has 1 unspecified atom stereocenters. The summed E-state index contributed by atoms with van der Waals surface area (Å²) in [4.78, 5) is 11.5. The van der Waals surface area contributed by atoms with Crippen molar-refractivity contribution in [2.24, 2.45) is 5.92 Å². The number of carbonyl (C=O) groups excluding carboxylic acids is 1. The molecule has 0 bridgehead atoms. The Balaban J connectivity index is 1.74. The zero-order chi connectivity index (χ0) is 13.7. The lowest BCUT2D eigenvalue weighted by Crippen LogP contribution is -2.34. The molecule has 0 heterocycles. The lowest BCUT2D eigenvalue weighted by molar-refractivity contribution is -0.122. The Labute approximate surface area is 119 Å². The third-order valence-electron chi connectivity index (χ3n) is 3.42. The molecule has 0 saturated heterocycles. The highest BCUT2D eigenvalue weighted by molar-refractivity contribution is 6.30. The fourth-order valence-corrected chi connectivity index (χ4v) is 2.34. The Morgan fingerprint density at radius 1 is 1.42 bits per heavy atom. The number of rotatable bonds is 7. The summed E-state index contributed by atoms with van der Waals surface area (Å²) in [6.45, 7) is 3.61. The van der Waals surface area contributed by atoms with E-state index in [1.165, 1.54) is 5.56 Å². The molecule has 0 radical (unpaired) electrons. The minimum Gasteiger partial charge on any atom is -0.355 e. The van der Waals surface area contributed by atoms with Crippen LogP contribution in [0, 0.1) is 5.92 Å². The molecule has 3 nitrogen and oxygen atoms in total. The third-order valence-corrected chi connectivity index (χ3v) is 3.66. The van der Waals surface area contributed by atoms with Crippen molar-refractivity contribution in [1.82, 2.24) is 10.6 Å². The average molecular weight is 281 g/mol. The van der Waals surface area contributed by atoms with Crippen molar-refractivity contribution in [2.75, 3.05) is 13.1 Å². The molecule has 1 saturated carbocycles. The van der Waals surface area contributed by atoms with Gasteiger partial charge in [0.1, 0.15) is 0 Å². The van der Waals surface area contributed by atoms with Crippen LogP contribution in [0.15, 0.2) is 24.3 Å². The number of hydrogen-bond donors (Lipinski definition) is 2. The van der Waals surface area contributed by atoms with E-state index in [-0.39, 0.29) is 17.9 Å². The van der Waals surface area contributed by atoms with Crippen molar-refractivity contribution in [3.8, 4) is 0 Å². The van der Waals surface area contributed by atoms with E-state index in [0.717, 1.165) is 30.8 Å². The zero-order valence-corrected chi connectivity index (χ0v) is 12.0. The van der Waals surface area contributed by atoms with Crippen LogP contribution in [0.2, 0.25) is 5.02 Å². The first kappa shape index (κ1) is 14.4. The van der Waals surface area contributed by atoms with Crippen molar-refractivity contribution >= 4 is 17.5 Å². The highest BCUT2D eigenvalue weighted by Gasteiger charge is 2.28. The predicted octanol–water partition coefficient (Wildman–Crippen LogP) is 2.91. The quantitative estimate of drug-likeness (QED) is 0.754. The summed E-state index contributed by atoms with van der Waals surface area (Å²) in [6, 6.07) is 8.21. The maximum atomic E-state index is 11.5. The zero-order valence-electron chi connectivity index (χ0n) is 11.3. The average Bonchev–Trinajstić information content (AvgIpc) is 3.23. The Morgan fingerprint density at radius 3 is 2.84 bits per heavy atom. The SMILES string of the molecule is CCC(NCCNC(=O)C1CC1)c1cccc(Cl)c1. The van der Waals surface area contributed by atoms with E-state index in [4.69, 9.17) is 11.6 Å². The molecule has 0 spiro atoms. The van der Waals surface area contributed by atoms with E-state index < -0.39 is 0 Å². The first-order chi connectivity index (χ1) is 9.20. The second-order valence-corrected chi connectivity index (χ2v) is 5.47. The largest absolute Gasteiger partial charge is 0.355 e. The van der Waals surface area contributed by atoms with Gasteiger partial charge < -0.3 is 10.6 Å². The molecule has 1 aliphatic carbocycles. The van der Waals surface area contributed by atoms with Crippen LogP contribution in [0.1, 0.15) is 37.8 Å². The van der Waals surface area contributed by atoms with Gasteiger partial charge in [0.2, 0.25) is 5.91 Å². The number of halogens is 1. The summed E-state index contributed by atoms with van der Waals surface area (Å²) in [6.07, 6.45) is 3.11. The van der Waals surface area contributed by atoms with Crippen LogP contribution >= 0.6 is 11.6 Å². The van der Waals surface area contributed by atoms with Gasteiger partial charge >= 0.3 is 0 Å². The maximum Gasteiger partial charge on any atom is 0.223 e. The van der Waals surface area contributed by atoms with E-state index in [0.29, 0.717) is 6.54 Å². The van der Waals surface area contributed by atoms with Gasteiger partial charge in [0, 0.05) is 30.1 Å². The smallest absolute Gasteiger partial charge is 0.223 e. The number of hydrogen-bond acceptors (Lipinski definition) is 2. The van der Waals surface area contributed by atoms with Crippen molar-refractivity contribution in [2.45, 2.75) is 32.2 Å². The Kier molecular flexibility index (Phi) is 5.23. The van der Waals surface area contributed by atoms with Gasteiger partial charge in [-0.15, -0.1) is 0 Å². The van der Waals surface area contributed by atoms with E-state index in [1.54, 1.807) is 0 Å². The van der Waals surface area contributed by atoms with Crippen molar-refractivity contribution < 1.29 is 4.79 Å². The standard InChI is InChI=1S/C15H21ClN2O/c1-2-14(12-4-3-5-13(16)10-12)17-8-9-18-15(19)11-6-7-11/h3-5,10-11,14,17H,2,6-9H2,1H3,(H,18,19). The predicted molar refractivity (Wildman–Crippen MR) is 78.2 cm³/mol. The van der Waals surface area contributed by atoms with Crippen molar-refractivity contribution in [1.29, 1.82) is 0 Å². The van der Waals surface area contributed by atoms with Crippen LogP contribution in [0.25, 0.3) is 0 Å². The molecule has 19 heavy (non-hydrogen) atoms. The van der Waals surface area contributed by atoms with Gasteiger partial charge in [0.05, 0.1) is 0 Å². The van der Waals surface area contributed by atoms with Crippen LogP contribution in [0.3, 0.4) is 0 Å². The van der Waals surface area contributed by atoms with Crippen molar-refractivity contribution in [3.63, 3.8) is 0 Å². The molecule has 1 amide bonds. The third kappa shape index (κ3) is 4.51. The fourth-order valence-electron chi connectivity index (χ4n) is 2.14. The van der Waals surface area contributed by atoms with Crippen LogP contribution in [-0.4, -0.2) is 19.0 Å². The summed E-state index contributed by atoms with van der Waals surface area (Å²) in [5, 5.41) is 7.18. The van der Waals surface area contributed by atoms with Crippen LogP contribution in [0.5, 0.6) is 0 Å². The molecule has 104 valence electrons. The summed E-state index contributed by atoms with van der Waals surface area (Å²) >= 11 is 6.01. The molecule has 1 aromatic rings. The topological polar surface area (TPSA) is 41.1 Å². The second-order valence-electron chi connectivity index (χ2n) is 5.04. The van der Waals surface area contributed by atoms with Crippen LogP contribution in [-0.2, 0) is 4.79 Å². The number of nitrogens with one attached hydrogen (secondary N) is 2. The fraction of sp³-hybridized carbons (Fsp3) is 0.533. The summed E-state index contributed by atoms with van der Waals surface area (Å²) < 4.78 is 0. The van der Waals surface area contributed by atoms with Gasteiger partial charge in [-0.25, -0.2) is 0 Å². The van der Waals surface area contributed by atoms with Gasteiger partial charge in [0.15, 0.2) is 0 Å². The minimum absolute atomic E-state index is 0.206. The lowest BCUT2D eigenvalue weighted by atomic mass is 10.0. The summed E-state index contributed by atoms with van der Waals surface area (Å²) in [5.74, 6) is 0.493. The second kappa shape index (κ2) is 6.92. The Hall–Kier alpha value is -1.06. The monoisotopic (exact) mass is 280 g/mol. The van der Waals surface area contributed by atoms with Gasteiger partial charge in [-0.2, -0.15) is 0 Å². The van der Waals surface area contributed by atoms with Crippen LogP contribution in [0.4, 0.5) is 0 Å². The number of carbonyl (C=O) groups is 1. The van der Waals surface area contributed by atoms with E-state index in [2.05, 4.69) is 23.6 Å². The van der Waals surface area contributed by atoms with Gasteiger partial charge in [0.25, 0.3) is 0 Å². The molecule has 4 heteroatoms. The number of amides is 1. The molecule has 1 aliphatic rings. The highest BCUT2D eigenvalue weighted by Crippen LogP contribution is 2.28. The first-order valence-electron chi connectivity index (χ1n) is 6.97. The summed E-state index contributed by atoms with van der Waals surface area (Å²) in [7, 11) is 0. The molecular weight excluding hydrogens is 260 g/mol. The molecule has 1 atom stereocenters. The highest BCUT2D eigenvalue weighted by atomic mass is 35.5. The van der Waals surface area contributed by atoms with E-state index >= 15 is 0 Å². The molecular formula is C15H21ClN2O.